The lowest BCUT2D eigenvalue weighted by Gasteiger charge is -2.33. The molecule has 2 saturated carbocycles. The van der Waals surface area contributed by atoms with E-state index in [4.69, 9.17) is 14.2 Å². The third kappa shape index (κ3) is 7.12. The predicted molar refractivity (Wildman–Crippen MR) is 131 cm³/mol. The minimum atomic E-state index is -1.54. The molecule has 0 aliphatic heterocycles. The molecule has 2 aliphatic rings. The highest BCUT2D eigenvalue weighted by Gasteiger charge is 2.73. The van der Waals surface area contributed by atoms with Gasteiger partial charge in [0.25, 0.3) is 0 Å². The Morgan fingerprint density at radius 3 is 2.19 bits per heavy atom. The number of nitrogens with one attached hydrogen (secondary N) is 3. The summed E-state index contributed by atoms with van der Waals surface area (Å²) < 4.78 is 15.2. The maximum absolute atomic E-state index is 13.2. The van der Waals surface area contributed by atoms with Gasteiger partial charge in [-0.05, 0) is 52.4 Å². The highest BCUT2D eigenvalue weighted by atomic mass is 16.6. The molecule has 0 radical (unpaired) electrons. The van der Waals surface area contributed by atoms with Crippen LogP contribution < -0.4 is 16.0 Å². The second-order valence-corrected chi connectivity index (χ2v) is 11.1. The molecule has 2 fully saturated rings. The fraction of sp³-hybridized carbons (Fsp3) is 0.800. The molecule has 0 aromatic heterocycles. The van der Waals surface area contributed by atoms with Gasteiger partial charge in [-0.3, -0.25) is 14.4 Å². The predicted octanol–water partition coefficient (Wildman–Crippen LogP) is 0.648. The Kier molecular flexibility index (Phi) is 9.56. The Balaban J connectivity index is 2.15. The first-order valence-electron chi connectivity index (χ1n) is 12.6. The summed E-state index contributed by atoms with van der Waals surface area (Å²) in [4.78, 5) is 63.2. The topological polar surface area (TPSA) is 169 Å². The summed E-state index contributed by atoms with van der Waals surface area (Å²) in [6, 6.07) is -2.07. The standard InChI is InChI=1S/C25H41N3O9/c1-9-36-22(33)25(11-15(29)17-14(18(17)25)10-16(30)35-8)28-20(31)13(4)26-21(32)19(12(2)3)27-23(34)37-24(5,6)7/h12-15,17-19,29H,9-11H2,1-8H3,(H,26,32)(H,27,34)(H,28,31)/t13-,14-,15-,17+,18+,19-,25-/m0/s1. The van der Waals surface area contributed by atoms with Gasteiger partial charge < -0.3 is 35.3 Å². The molecule has 2 aliphatic carbocycles. The van der Waals surface area contributed by atoms with Gasteiger partial charge in [-0.1, -0.05) is 13.8 Å². The van der Waals surface area contributed by atoms with Crippen molar-refractivity contribution in [3.05, 3.63) is 0 Å². The molecule has 0 aromatic carbocycles. The van der Waals surface area contributed by atoms with Crippen molar-refractivity contribution in [1.82, 2.24) is 16.0 Å². The van der Waals surface area contributed by atoms with Gasteiger partial charge in [-0.2, -0.15) is 0 Å². The largest absolute Gasteiger partial charge is 0.469 e. The number of aliphatic hydroxyl groups is 1. The fourth-order valence-corrected chi connectivity index (χ4v) is 5.09. The van der Waals surface area contributed by atoms with E-state index >= 15 is 0 Å². The molecule has 0 heterocycles. The van der Waals surface area contributed by atoms with E-state index in [0.717, 1.165) is 0 Å². The summed E-state index contributed by atoms with van der Waals surface area (Å²) >= 11 is 0. The van der Waals surface area contributed by atoms with Crippen molar-refractivity contribution in [1.29, 1.82) is 0 Å². The van der Waals surface area contributed by atoms with E-state index in [-0.39, 0.29) is 37.2 Å². The Hall–Kier alpha value is -2.89. The first-order chi connectivity index (χ1) is 17.1. The number of ether oxygens (including phenoxy) is 3. The molecule has 0 bridgehead atoms. The number of amides is 3. The van der Waals surface area contributed by atoms with Crippen LogP contribution in [0.5, 0.6) is 0 Å². The zero-order chi connectivity index (χ0) is 28.3. The zero-order valence-corrected chi connectivity index (χ0v) is 22.9. The number of rotatable bonds is 10. The zero-order valence-electron chi connectivity index (χ0n) is 22.9. The Morgan fingerprint density at radius 2 is 1.68 bits per heavy atom. The molecule has 12 heteroatoms. The van der Waals surface area contributed by atoms with Gasteiger partial charge in [0.1, 0.15) is 23.2 Å². The molecule has 0 unspecified atom stereocenters. The average Bonchev–Trinajstić information content (AvgIpc) is 3.40. The van der Waals surface area contributed by atoms with E-state index in [0.29, 0.717) is 0 Å². The molecule has 4 N–H and O–H groups in total. The monoisotopic (exact) mass is 527 g/mol. The molecule has 37 heavy (non-hydrogen) atoms. The van der Waals surface area contributed by atoms with Gasteiger partial charge in [0.15, 0.2) is 0 Å². The second-order valence-electron chi connectivity index (χ2n) is 11.1. The number of hydrogen-bond donors (Lipinski definition) is 4. The van der Waals surface area contributed by atoms with Crippen LogP contribution >= 0.6 is 0 Å². The second kappa shape index (κ2) is 11.7. The van der Waals surface area contributed by atoms with Crippen LogP contribution in [0.15, 0.2) is 0 Å². The highest BCUT2D eigenvalue weighted by Crippen LogP contribution is 2.64. The maximum Gasteiger partial charge on any atom is 0.408 e. The summed E-state index contributed by atoms with van der Waals surface area (Å²) in [5.41, 5.74) is -2.30. The summed E-state index contributed by atoms with van der Waals surface area (Å²) in [5, 5.41) is 18.4. The maximum atomic E-state index is 13.2. The van der Waals surface area contributed by atoms with Crippen molar-refractivity contribution in [2.24, 2.45) is 23.7 Å². The Bertz CT molecular complexity index is 900. The molecule has 3 amide bonds. The minimum Gasteiger partial charge on any atom is -0.469 e. The van der Waals surface area contributed by atoms with Gasteiger partial charge in [0.05, 0.1) is 19.8 Å². The number of methoxy groups -OCH3 is 1. The lowest BCUT2D eigenvalue weighted by Crippen LogP contribution is -2.62. The van der Waals surface area contributed by atoms with E-state index in [2.05, 4.69) is 16.0 Å². The molecule has 0 aromatic rings. The molecular weight excluding hydrogens is 486 g/mol. The molecule has 2 rings (SSSR count). The third-order valence-electron chi connectivity index (χ3n) is 6.76. The van der Waals surface area contributed by atoms with Crippen LogP contribution in [0, 0.1) is 23.7 Å². The van der Waals surface area contributed by atoms with Gasteiger partial charge in [-0.25, -0.2) is 9.59 Å². The number of fused-ring (bicyclic) bond motifs is 1. The van der Waals surface area contributed by atoms with Gasteiger partial charge >= 0.3 is 18.0 Å². The third-order valence-corrected chi connectivity index (χ3v) is 6.76. The van der Waals surface area contributed by atoms with Crippen molar-refractivity contribution in [3.8, 4) is 0 Å². The van der Waals surface area contributed by atoms with Crippen LogP contribution in [0.4, 0.5) is 4.79 Å². The van der Waals surface area contributed by atoms with Gasteiger partial charge in [0.2, 0.25) is 11.8 Å². The van der Waals surface area contributed by atoms with Crippen LogP contribution in [0.25, 0.3) is 0 Å². The van der Waals surface area contributed by atoms with Crippen LogP contribution in [0.1, 0.15) is 61.3 Å². The molecular formula is C25H41N3O9. The Labute approximate surface area is 217 Å². The van der Waals surface area contributed by atoms with E-state index in [1.807, 2.05) is 0 Å². The highest BCUT2D eigenvalue weighted by molar-refractivity contribution is 5.95. The van der Waals surface area contributed by atoms with E-state index < -0.39 is 65.1 Å². The van der Waals surface area contributed by atoms with Gasteiger partial charge in [0, 0.05) is 18.8 Å². The number of aliphatic hydroxyl groups excluding tert-OH is 1. The first-order valence-corrected chi connectivity index (χ1v) is 12.6. The lowest BCUT2D eigenvalue weighted by atomic mass is 9.88. The number of carbonyl (C=O) groups is 5. The fourth-order valence-electron chi connectivity index (χ4n) is 5.09. The van der Waals surface area contributed by atoms with Crippen LogP contribution in [0.3, 0.4) is 0 Å². The molecule has 12 nitrogen and oxygen atoms in total. The first kappa shape index (κ1) is 30.3. The van der Waals surface area contributed by atoms with Crippen molar-refractivity contribution in [3.63, 3.8) is 0 Å². The van der Waals surface area contributed by atoms with Crippen LogP contribution in [0.2, 0.25) is 0 Å². The quantitative estimate of drug-likeness (QED) is 0.235. The Morgan fingerprint density at radius 1 is 1.05 bits per heavy atom. The number of alkyl carbamates (subject to hydrolysis) is 1. The van der Waals surface area contributed by atoms with Crippen molar-refractivity contribution in [2.75, 3.05) is 13.7 Å². The lowest BCUT2D eigenvalue weighted by molar-refractivity contribution is -0.156. The summed E-state index contributed by atoms with van der Waals surface area (Å²) in [5.74, 6) is -3.99. The van der Waals surface area contributed by atoms with Crippen molar-refractivity contribution >= 4 is 29.8 Å². The number of hydrogen-bond acceptors (Lipinski definition) is 9. The van der Waals surface area contributed by atoms with Crippen LogP contribution in [-0.2, 0) is 33.4 Å². The van der Waals surface area contributed by atoms with E-state index in [1.165, 1.54) is 14.0 Å². The van der Waals surface area contributed by atoms with E-state index in [9.17, 15) is 29.1 Å². The summed E-state index contributed by atoms with van der Waals surface area (Å²) in [7, 11) is 1.25. The summed E-state index contributed by atoms with van der Waals surface area (Å²) in [6.45, 7) is 11.7. The molecule has 0 saturated heterocycles. The number of esters is 2. The normalized spacial score (nSPS) is 27.8. The number of carbonyl (C=O) groups excluding carboxylic acids is 5. The van der Waals surface area contributed by atoms with Crippen LogP contribution in [-0.4, -0.2) is 78.0 Å². The minimum absolute atomic E-state index is 0.00138. The van der Waals surface area contributed by atoms with Gasteiger partial charge in [-0.15, -0.1) is 0 Å². The average molecular weight is 528 g/mol. The molecule has 210 valence electrons. The molecule has 0 spiro atoms. The van der Waals surface area contributed by atoms with Crippen molar-refractivity contribution < 1.29 is 43.3 Å². The molecule has 7 atom stereocenters. The summed E-state index contributed by atoms with van der Waals surface area (Å²) in [6.07, 6.45) is -1.76. The van der Waals surface area contributed by atoms with E-state index in [1.54, 1.807) is 41.5 Å². The smallest absolute Gasteiger partial charge is 0.408 e. The van der Waals surface area contributed by atoms with Crippen molar-refractivity contribution in [2.45, 2.75) is 90.6 Å². The SMILES string of the molecule is CCOC(=O)[C@]1(NC(=O)[C@H](C)NC(=O)[C@@H](NC(=O)OC(C)(C)C)C(C)C)C[C@H](O)[C@H]2[C@H](CC(=O)OC)[C@H]21.